The summed E-state index contributed by atoms with van der Waals surface area (Å²) in [4.78, 5) is 24.2. The molecule has 4 rings (SSSR count). The van der Waals surface area contributed by atoms with Crippen molar-refractivity contribution in [2.45, 2.75) is 19.5 Å². The van der Waals surface area contributed by atoms with Gasteiger partial charge in [-0.05, 0) is 43.1 Å². The molecule has 0 aliphatic rings. The van der Waals surface area contributed by atoms with E-state index in [2.05, 4.69) is 4.98 Å². The van der Waals surface area contributed by atoms with Gasteiger partial charge in [0.1, 0.15) is 16.5 Å². The lowest BCUT2D eigenvalue weighted by Gasteiger charge is -2.24. The fraction of sp³-hybridized carbons (Fsp3) is 0.200. The average molecular weight is 400 g/mol. The van der Waals surface area contributed by atoms with Gasteiger partial charge >= 0.3 is 0 Å². The molecule has 1 N–H and O–H groups in total. The molecule has 0 radical (unpaired) electrons. The minimum absolute atomic E-state index is 0.113. The molecular formula is C20H18FN3OS2. The molecule has 0 bridgehead atoms. The molecule has 3 aromatic heterocycles. The number of thiophene rings is 2. The molecule has 0 spiro atoms. The van der Waals surface area contributed by atoms with Crippen LogP contribution in [-0.4, -0.2) is 21.9 Å². The smallest absolute Gasteiger partial charge is 0.260 e. The van der Waals surface area contributed by atoms with Gasteiger partial charge in [-0.15, -0.1) is 22.7 Å². The fourth-order valence-corrected chi connectivity index (χ4v) is 4.81. The molecule has 0 aliphatic heterocycles. The molecule has 0 fully saturated rings. The third kappa shape index (κ3) is 3.58. The van der Waals surface area contributed by atoms with E-state index < -0.39 is 0 Å². The van der Waals surface area contributed by atoms with Gasteiger partial charge in [0.05, 0.1) is 11.4 Å². The van der Waals surface area contributed by atoms with E-state index in [4.69, 9.17) is 4.98 Å². The van der Waals surface area contributed by atoms with Crippen LogP contribution in [-0.2, 0) is 6.54 Å². The van der Waals surface area contributed by atoms with Gasteiger partial charge in [-0.2, -0.15) is 0 Å². The standard InChI is InChI=1S/C20H18FN3OS2/c1-12(24(2)10-13-5-3-6-14(21)9-13)18-22-19(25)17-15(11-27-20(17)23-18)16-7-4-8-26-16/h3-9,11-12H,10H2,1-2H3,(H,22,23,25)/t12-/m0/s1. The van der Waals surface area contributed by atoms with E-state index in [1.165, 1.54) is 23.5 Å². The number of hydrogen-bond donors (Lipinski definition) is 1. The first-order valence-electron chi connectivity index (χ1n) is 8.53. The Labute approximate surface area is 163 Å². The lowest BCUT2D eigenvalue weighted by atomic mass is 10.1. The van der Waals surface area contributed by atoms with Crippen LogP contribution in [0.25, 0.3) is 20.7 Å². The highest BCUT2D eigenvalue weighted by Gasteiger charge is 2.19. The number of nitrogens with zero attached hydrogens (tertiary/aromatic N) is 2. The van der Waals surface area contributed by atoms with E-state index in [1.54, 1.807) is 17.4 Å². The third-order valence-electron chi connectivity index (χ3n) is 4.63. The lowest BCUT2D eigenvalue weighted by molar-refractivity contribution is 0.243. The Bertz CT molecular complexity index is 1130. The highest BCUT2D eigenvalue weighted by molar-refractivity contribution is 7.18. The second-order valence-electron chi connectivity index (χ2n) is 6.48. The minimum Gasteiger partial charge on any atom is -0.309 e. The number of aromatic nitrogens is 2. The van der Waals surface area contributed by atoms with Gasteiger partial charge in [-0.25, -0.2) is 9.37 Å². The third-order valence-corrected chi connectivity index (χ3v) is 6.40. The molecule has 0 amide bonds. The Morgan fingerprint density at radius 3 is 2.85 bits per heavy atom. The summed E-state index contributed by atoms with van der Waals surface area (Å²) in [5.74, 6) is 0.368. The maximum atomic E-state index is 13.4. The molecule has 0 aliphatic carbocycles. The monoisotopic (exact) mass is 399 g/mol. The minimum atomic E-state index is -0.249. The number of fused-ring (bicyclic) bond motifs is 1. The van der Waals surface area contributed by atoms with Crippen molar-refractivity contribution in [3.8, 4) is 10.4 Å². The molecular weight excluding hydrogens is 381 g/mol. The van der Waals surface area contributed by atoms with Crippen molar-refractivity contribution in [2.24, 2.45) is 0 Å². The van der Waals surface area contributed by atoms with Crippen LogP contribution < -0.4 is 5.56 Å². The van der Waals surface area contributed by atoms with Crippen molar-refractivity contribution in [1.82, 2.24) is 14.9 Å². The summed E-state index contributed by atoms with van der Waals surface area (Å²) < 4.78 is 13.4. The molecule has 27 heavy (non-hydrogen) atoms. The van der Waals surface area contributed by atoms with Gasteiger partial charge in [-0.1, -0.05) is 18.2 Å². The second kappa shape index (κ2) is 7.34. The molecule has 0 unspecified atom stereocenters. The number of hydrogen-bond acceptors (Lipinski definition) is 5. The summed E-state index contributed by atoms with van der Waals surface area (Å²) in [5.41, 5.74) is 1.70. The summed E-state index contributed by atoms with van der Waals surface area (Å²) in [5, 5.41) is 4.63. The fourth-order valence-electron chi connectivity index (χ4n) is 3.05. The maximum absolute atomic E-state index is 13.4. The summed E-state index contributed by atoms with van der Waals surface area (Å²) in [6.07, 6.45) is 0. The van der Waals surface area contributed by atoms with E-state index in [0.717, 1.165) is 20.8 Å². The average Bonchev–Trinajstić information content (AvgIpc) is 3.30. The van der Waals surface area contributed by atoms with Crippen LogP contribution in [0.15, 0.2) is 52.0 Å². The van der Waals surface area contributed by atoms with Gasteiger partial charge in [0, 0.05) is 22.4 Å². The summed E-state index contributed by atoms with van der Waals surface area (Å²) in [6.45, 7) is 2.54. The summed E-state index contributed by atoms with van der Waals surface area (Å²) in [7, 11) is 1.94. The number of rotatable bonds is 5. The first kappa shape index (κ1) is 18.0. The Morgan fingerprint density at radius 1 is 1.26 bits per heavy atom. The van der Waals surface area contributed by atoms with Crippen LogP contribution >= 0.6 is 22.7 Å². The number of nitrogens with one attached hydrogen (secondary N) is 1. The van der Waals surface area contributed by atoms with Crippen LogP contribution in [0.1, 0.15) is 24.4 Å². The van der Waals surface area contributed by atoms with Crippen molar-refractivity contribution in [2.75, 3.05) is 7.05 Å². The molecule has 0 saturated carbocycles. The number of aromatic amines is 1. The van der Waals surface area contributed by atoms with E-state index in [9.17, 15) is 9.18 Å². The van der Waals surface area contributed by atoms with Crippen LogP contribution in [0.2, 0.25) is 0 Å². The lowest BCUT2D eigenvalue weighted by Crippen LogP contribution is -2.25. The zero-order chi connectivity index (χ0) is 19.0. The second-order valence-corrected chi connectivity index (χ2v) is 8.28. The SMILES string of the molecule is C[C@@H](c1nc2scc(-c3cccs3)c2c(=O)[nH]1)N(C)Cc1cccc(F)c1. The van der Waals surface area contributed by atoms with E-state index in [-0.39, 0.29) is 17.4 Å². The first-order chi connectivity index (χ1) is 13.0. The molecule has 1 atom stereocenters. The van der Waals surface area contributed by atoms with Crippen LogP contribution in [0.5, 0.6) is 0 Å². The highest BCUT2D eigenvalue weighted by atomic mass is 32.1. The number of H-pyrrole nitrogens is 1. The van der Waals surface area contributed by atoms with E-state index in [0.29, 0.717) is 17.8 Å². The molecule has 7 heteroatoms. The first-order valence-corrected chi connectivity index (χ1v) is 10.3. The van der Waals surface area contributed by atoms with Gasteiger partial charge < -0.3 is 4.98 Å². The molecule has 0 saturated heterocycles. The van der Waals surface area contributed by atoms with E-state index >= 15 is 0 Å². The summed E-state index contributed by atoms with van der Waals surface area (Å²) >= 11 is 3.09. The van der Waals surface area contributed by atoms with Crippen molar-refractivity contribution < 1.29 is 4.39 Å². The zero-order valence-corrected chi connectivity index (χ0v) is 16.5. The van der Waals surface area contributed by atoms with Gasteiger partial charge in [0.15, 0.2) is 0 Å². The summed E-state index contributed by atoms with van der Waals surface area (Å²) in [6, 6.07) is 10.4. The van der Waals surface area contributed by atoms with Crippen molar-refractivity contribution in [3.05, 3.63) is 74.7 Å². The Kier molecular flexibility index (Phi) is 4.90. The van der Waals surface area contributed by atoms with Gasteiger partial charge in [0.25, 0.3) is 5.56 Å². The van der Waals surface area contributed by atoms with E-state index in [1.807, 2.05) is 47.8 Å². The molecule has 3 heterocycles. The molecule has 1 aromatic carbocycles. The molecule has 4 aromatic rings. The number of benzene rings is 1. The maximum Gasteiger partial charge on any atom is 0.260 e. The highest BCUT2D eigenvalue weighted by Crippen LogP contribution is 2.34. The largest absolute Gasteiger partial charge is 0.309 e. The Balaban J connectivity index is 1.64. The molecule has 4 nitrogen and oxygen atoms in total. The Hall–Kier alpha value is -2.35. The van der Waals surface area contributed by atoms with Crippen molar-refractivity contribution >= 4 is 32.9 Å². The Morgan fingerprint density at radius 2 is 2.11 bits per heavy atom. The van der Waals surface area contributed by atoms with Gasteiger partial charge in [-0.3, -0.25) is 9.69 Å². The predicted molar refractivity (Wildman–Crippen MR) is 110 cm³/mol. The topological polar surface area (TPSA) is 49.0 Å². The van der Waals surface area contributed by atoms with Crippen LogP contribution in [0, 0.1) is 5.82 Å². The number of halogens is 1. The van der Waals surface area contributed by atoms with Crippen molar-refractivity contribution in [1.29, 1.82) is 0 Å². The predicted octanol–water partition coefficient (Wildman–Crippen LogP) is 5.05. The van der Waals surface area contributed by atoms with Crippen LogP contribution in [0.4, 0.5) is 4.39 Å². The molecule has 138 valence electrons. The van der Waals surface area contributed by atoms with Gasteiger partial charge in [0.2, 0.25) is 0 Å². The zero-order valence-electron chi connectivity index (χ0n) is 14.9. The normalized spacial score (nSPS) is 12.7. The van der Waals surface area contributed by atoms with Crippen LogP contribution in [0.3, 0.4) is 0 Å². The van der Waals surface area contributed by atoms with Crippen molar-refractivity contribution in [3.63, 3.8) is 0 Å². The quantitative estimate of drug-likeness (QED) is 0.511.